The van der Waals surface area contributed by atoms with E-state index in [4.69, 9.17) is 9.26 Å². The van der Waals surface area contributed by atoms with Gasteiger partial charge in [0.1, 0.15) is 11.6 Å². The molecule has 0 aliphatic rings. The van der Waals surface area contributed by atoms with Crippen LogP contribution in [0.25, 0.3) is 11.5 Å². The zero-order valence-corrected chi connectivity index (χ0v) is 12.7. The Morgan fingerprint density at radius 2 is 1.86 bits per heavy atom. The van der Waals surface area contributed by atoms with E-state index in [0.717, 1.165) is 28.4 Å². The van der Waals surface area contributed by atoms with Gasteiger partial charge in [-0.3, -0.25) is 0 Å². The molecule has 0 amide bonds. The molecule has 22 heavy (non-hydrogen) atoms. The summed E-state index contributed by atoms with van der Waals surface area (Å²) in [4.78, 5) is 12.9. The van der Waals surface area contributed by atoms with Crippen LogP contribution >= 0.6 is 0 Å². The first kappa shape index (κ1) is 14.2. The molecule has 2 heterocycles. The topological polar surface area (TPSA) is 73.9 Å². The fourth-order valence-electron chi connectivity index (χ4n) is 2.15. The maximum absolute atomic E-state index is 5.32. The lowest BCUT2D eigenvalue weighted by Crippen LogP contribution is -1.95. The molecule has 3 rings (SSSR count). The second-order valence-electron chi connectivity index (χ2n) is 4.96. The minimum absolute atomic E-state index is 0.445. The number of methoxy groups -OCH3 is 1. The van der Waals surface area contributed by atoms with E-state index >= 15 is 0 Å². The van der Waals surface area contributed by atoms with Crippen LogP contribution in [0.1, 0.15) is 22.9 Å². The number of aryl methyl sites for hydroxylation is 2. The first-order valence-electron chi connectivity index (χ1n) is 6.92. The lowest BCUT2D eigenvalue weighted by atomic mass is 10.1. The van der Waals surface area contributed by atoms with Gasteiger partial charge in [0.05, 0.1) is 18.4 Å². The van der Waals surface area contributed by atoms with Gasteiger partial charge in [-0.2, -0.15) is 4.98 Å². The van der Waals surface area contributed by atoms with E-state index in [1.165, 1.54) is 0 Å². The Balaban J connectivity index is 1.81. The van der Waals surface area contributed by atoms with Crippen LogP contribution in [0.5, 0.6) is 5.75 Å². The molecular weight excluding hydrogens is 280 g/mol. The lowest BCUT2D eigenvalue weighted by Gasteiger charge is -2.00. The number of hydrogen-bond donors (Lipinski definition) is 0. The van der Waals surface area contributed by atoms with Crippen LogP contribution in [0.4, 0.5) is 0 Å². The predicted octanol–water partition coefficient (Wildman–Crippen LogP) is 2.74. The van der Waals surface area contributed by atoms with Crippen molar-refractivity contribution in [2.45, 2.75) is 20.3 Å². The number of aromatic nitrogens is 4. The summed E-state index contributed by atoms with van der Waals surface area (Å²) in [5, 5.41) is 4.02. The van der Waals surface area contributed by atoms with Crippen molar-refractivity contribution in [2.24, 2.45) is 0 Å². The Labute approximate surface area is 128 Å². The quantitative estimate of drug-likeness (QED) is 0.737. The maximum atomic E-state index is 5.32. The third-order valence-corrected chi connectivity index (χ3v) is 3.32. The van der Waals surface area contributed by atoms with Crippen LogP contribution in [0.15, 0.2) is 35.0 Å². The van der Waals surface area contributed by atoms with Crippen molar-refractivity contribution in [1.29, 1.82) is 0 Å². The average molecular weight is 296 g/mol. The zero-order chi connectivity index (χ0) is 15.5. The first-order chi connectivity index (χ1) is 10.7. The van der Waals surface area contributed by atoms with Crippen molar-refractivity contribution in [2.75, 3.05) is 7.11 Å². The molecule has 0 fully saturated rings. The molecule has 0 spiro atoms. The number of nitrogens with zero attached hydrogens (tertiary/aromatic N) is 4. The van der Waals surface area contributed by atoms with E-state index < -0.39 is 0 Å². The van der Waals surface area contributed by atoms with Gasteiger partial charge in [0.2, 0.25) is 0 Å². The summed E-state index contributed by atoms with van der Waals surface area (Å²) >= 11 is 0. The van der Waals surface area contributed by atoms with Crippen LogP contribution in [0.2, 0.25) is 0 Å². The van der Waals surface area contributed by atoms with Gasteiger partial charge in [-0.15, -0.1) is 0 Å². The molecule has 112 valence electrons. The van der Waals surface area contributed by atoms with Crippen LogP contribution < -0.4 is 4.74 Å². The van der Waals surface area contributed by atoms with Gasteiger partial charge in [0.15, 0.2) is 5.82 Å². The molecule has 0 N–H and O–H groups in total. The number of ether oxygens (including phenoxy) is 1. The van der Waals surface area contributed by atoms with Crippen LogP contribution in [0.3, 0.4) is 0 Å². The third kappa shape index (κ3) is 2.95. The van der Waals surface area contributed by atoms with E-state index in [9.17, 15) is 0 Å². The SMILES string of the molecule is COc1ccc(Cc2noc(-c3cnc(C)nc3C)n2)cc1. The molecule has 0 aliphatic carbocycles. The molecule has 6 nitrogen and oxygen atoms in total. The van der Waals surface area contributed by atoms with Crippen molar-refractivity contribution < 1.29 is 9.26 Å². The molecule has 3 aromatic rings. The highest BCUT2D eigenvalue weighted by atomic mass is 16.5. The second-order valence-corrected chi connectivity index (χ2v) is 4.96. The molecule has 0 bridgehead atoms. The molecule has 1 aromatic carbocycles. The molecule has 0 saturated carbocycles. The van der Waals surface area contributed by atoms with Crippen molar-refractivity contribution >= 4 is 0 Å². The standard InChI is InChI=1S/C16H16N4O2/c1-10-14(9-17-11(2)18-10)16-19-15(20-22-16)8-12-4-6-13(21-3)7-5-12/h4-7,9H,8H2,1-3H3. The fourth-order valence-corrected chi connectivity index (χ4v) is 2.15. The molecule has 0 saturated heterocycles. The van der Waals surface area contributed by atoms with Crippen molar-refractivity contribution in [3.8, 4) is 17.2 Å². The first-order valence-corrected chi connectivity index (χ1v) is 6.92. The highest BCUT2D eigenvalue weighted by molar-refractivity contribution is 5.54. The summed E-state index contributed by atoms with van der Waals surface area (Å²) in [5.41, 5.74) is 2.68. The number of hydrogen-bond acceptors (Lipinski definition) is 6. The van der Waals surface area contributed by atoms with Crippen molar-refractivity contribution in [3.63, 3.8) is 0 Å². The molecule has 0 radical (unpaired) electrons. The van der Waals surface area contributed by atoms with Gasteiger partial charge in [-0.1, -0.05) is 17.3 Å². The van der Waals surface area contributed by atoms with Gasteiger partial charge in [-0.25, -0.2) is 9.97 Å². The Hall–Kier alpha value is -2.76. The number of rotatable bonds is 4. The maximum Gasteiger partial charge on any atom is 0.261 e. The monoisotopic (exact) mass is 296 g/mol. The molecule has 0 unspecified atom stereocenters. The summed E-state index contributed by atoms with van der Waals surface area (Å²) in [6.07, 6.45) is 2.31. The Morgan fingerprint density at radius 3 is 2.55 bits per heavy atom. The van der Waals surface area contributed by atoms with Crippen LogP contribution in [-0.2, 0) is 6.42 Å². The second kappa shape index (κ2) is 5.93. The van der Waals surface area contributed by atoms with Gasteiger partial charge < -0.3 is 9.26 Å². The predicted molar refractivity (Wildman–Crippen MR) is 80.6 cm³/mol. The van der Waals surface area contributed by atoms with Gasteiger partial charge in [-0.05, 0) is 31.5 Å². The van der Waals surface area contributed by atoms with Crippen LogP contribution in [-0.4, -0.2) is 27.2 Å². The van der Waals surface area contributed by atoms with E-state index in [1.807, 2.05) is 38.1 Å². The molecular formula is C16H16N4O2. The van der Waals surface area contributed by atoms with Crippen molar-refractivity contribution in [1.82, 2.24) is 20.1 Å². The van der Waals surface area contributed by atoms with E-state index in [2.05, 4.69) is 20.1 Å². The minimum atomic E-state index is 0.445. The summed E-state index contributed by atoms with van der Waals surface area (Å²) in [6.45, 7) is 3.75. The minimum Gasteiger partial charge on any atom is -0.497 e. The van der Waals surface area contributed by atoms with E-state index in [1.54, 1.807) is 13.3 Å². The molecule has 0 aliphatic heterocycles. The Kier molecular flexibility index (Phi) is 3.82. The smallest absolute Gasteiger partial charge is 0.261 e. The highest BCUT2D eigenvalue weighted by Gasteiger charge is 2.13. The normalized spacial score (nSPS) is 10.7. The summed E-state index contributed by atoms with van der Waals surface area (Å²) in [7, 11) is 1.65. The molecule has 6 heteroatoms. The zero-order valence-electron chi connectivity index (χ0n) is 12.7. The van der Waals surface area contributed by atoms with Crippen LogP contribution in [0, 0.1) is 13.8 Å². The largest absolute Gasteiger partial charge is 0.497 e. The lowest BCUT2D eigenvalue weighted by molar-refractivity contribution is 0.414. The Bertz CT molecular complexity index is 781. The highest BCUT2D eigenvalue weighted by Crippen LogP contribution is 2.20. The van der Waals surface area contributed by atoms with E-state index in [-0.39, 0.29) is 0 Å². The summed E-state index contributed by atoms with van der Waals surface area (Å²) in [6, 6.07) is 7.78. The fraction of sp³-hybridized carbons (Fsp3) is 0.250. The third-order valence-electron chi connectivity index (χ3n) is 3.32. The number of benzene rings is 1. The Morgan fingerprint density at radius 1 is 1.09 bits per heavy atom. The van der Waals surface area contributed by atoms with Gasteiger partial charge >= 0.3 is 0 Å². The molecule has 2 aromatic heterocycles. The summed E-state index contributed by atoms with van der Waals surface area (Å²) < 4.78 is 10.5. The molecule has 0 atom stereocenters. The van der Waals surface area contributed by atoms with E-state index in [0.29, 0.717) is 18.1 Å². The van der Waals surface area contributed by atoms with Gasteiger partial charge in [0, 0.05) is 12.6 Å². The summed E-state index contributed by atoms with van der Waals surface area (Å²) in [5.74, 6) is 2.62. The average Bonchev–Trinajstić information content (AvgIpc) is 2.96. The van der Waals surface area contributed by atoms with Gasteiger partial charge in [0.25, 0.3) is 5.89 Å². The van der Waals surface area contributed by atoms with Crippen molar-refractivity contribution in [3.05, 3.63) is 53.4 Å².